The highest BCUT2D eigenvalue weighted by atomic mass is 16.3. The van der Waals surface area contributed by atoms with E-state index in [0.29, 0.717) is 0 Å². The first-order chi connectivity index (χ1) is 12.1. The molecular weight excluding hydrogens is 332 g/mol. The lowest BCUT2D eigenvalue weighted by molar-refractivity contribution is -0.133. The second-order valence-corrected chi connectivity index (χ2v) is 7.72. The first-order valence-corrected chi connectivity index (χ1v) is 9.88. The zero-order chi connectivity index (χ0) is 20.3. The summed E-state index contributed by atoms with van der Waals surface area (Å²) in [5.41, 5.74) is 0. The van der Waals surface area contributed by atoms with Crippen LogP contribution < -0.4 is 10.6 Å². The maximum Gasteiger partial charge on any atom is 0.243 e. The Bertz CT molecular complexity index is 443. The molecule has 1 saturated carbocycles. The second-order valence-electron chi connectivity index (χ2n) is 7.72. The van der Waals surface area contributed by atoms with Crippen LogP contribution in [0.15, 0.2) is 0 Å². The van der Waals surface area contributed by atoms with E-state index in [9.17, 15) is 19.5 Å². The van der Waals surface area contributed by atoms with E-state index in [1.165, 1.54) is 46.0 Å². The van der Waals surface area contributed by atoms with Crippen molar-refractivity contribution in [1.82, 2.24) is 10.6 Å². The van der Waals surface area contributed by atoms with E-state index >= 15 is 0 Å². The highest BCUT2D eigenvalue weighted by molar-refractivity contribution is 5.92. The maximum atomic E-state index is 12.1. The number of carbonyl (C=O) groups is 3. The quantitative estimate of drug-likeness (QED) is 0.642. The molecule has 0 bridgehead atoms. The molecule has 1 aliphatic rings. The van der Waals surface area contributed by atoms with Crippen molar-refractivity contribution in [2.45, 2.75) is 98.3 Å². The molecule has 0 radical (unpaired) electrons. The Kier molecular flexibility index (Phi) is 12.1. The van der Waals surface area contributed by atoms with Gasteiger partial charge in [-0.1, -0.05) is 59.8 Å². The van der Waals surface area contributed by atoms with Gasteiger partial charge in [0.1, 0.15) is 12.1 Å². The predicted octanol–water partition coefficient (Wildman–Crippen LogP) is 2.58. The van der Waals surface area contributed by atoms with Crippen molar-refractivity contribution < 1.29 is 19.5 Å². The molecule has 3 atom stereocenters. The maximum absolute atomic E-state index is 12.1. The Labute approximate surface area is 158 Å². The normalized spacial score (nSPS) is 18.2. The Morgan fingerprint density at radius 2 is 1.54 bits per heavy atom. The van der Waals surface area contributed by atoms with Gasteiger partial charge in [0.25, 0.3) is 0 Å². The van der Waals surface area contributed by atoms with Crippen molar-refractivity contribution in [1.29, 1.82) is 0 Å². The van der Waals surface area contributed by atoms with E-state index in [2.05, 4.69) is 17.6 Å². The summed E-state index contributed by atoms with van der Waals surface area (Å²) in [7, 11) is 0. The van der Waals surface area contributed by atoms with Gasteiger partial charge in [-0.25, -0.2) is 0 Å². The average Bonchev–Trinajstić information content (AvgIpc) is 2.57. The molecule has 3 N–H and O–H groups in total. The van der Waals surface area contributed by atoms with Gasteiger partial charge in [-0.2, -0.15) is 0 Å². The summed E-state index contributed by atoms with van der Waals surface area (Å²) in [5, 5.41) is 14.5. The zero-order valence-corrected chi connectivity index (χ0v) is 17.3. The molecule has 0 saturated heterocycles. The van der Waals surface area contributed by atoms with Crippen LogP contribution in [0, 0.1) is 11.8 Å². The molecule has 26 heavy (non-hydrogen) atoms. The summed E-state index contributed by atoms with van der Waals surface area (Å²) in [5.74, 6) is -0.0956. The van der Waals surface area contributed by atoms with E-state index in [1.807, 2.05) is 0 Å². The van der Waals surface area contributed by atoms with Crippen LogP contribution in [0.25, 0.3) is 0 Å². The highest BCUT2D eigenvalue weighted by Crippen LogP contribution is 2.22. The molecule has 0 spiro atoms. The van der Waals surface area contributed by atoms with Gasteiger partial charge < -0.3 is 15.7 Å². The number of aliphatic hydroxyl groups excluding tert-OH is 1. The summed E-state index contributed by atoms with van der Waals surface area (Å²) < 4.78 is 0. The van der Waals surface area contributed by atoms with Crippen LogP contribution in [0.2, 0.25) is 0 Å². The molecular formula is C20H38N2O4. The lowest BCUT2D eigenvalue weighted by Crippen LogP contribution is -2.55. The number of amides is 2. The van der Waals surface area contributed by atoms with Gasteiger partial charge in [-0.3, -0.25) is 14.4 Å². The van der Waals surface area contributed by atoms with Crippen molar-refractivity contribution in [3.05, 3.63) is 0 Å². The fourth-order valence-corrected chi connectivity index (χ4v) is 2.92. The first kappa shape index (κ1) is 24.6. The molecule has 0 aromatic rings. The predicted molar refractivity (Wildman–Crippen MR) is 104 cm³/mol. The number of Topliss-reactive ketones (excluding diaryl/α,β-unsaturated/α-hetero) is 1. The minimum atomic E-state index is -0.976. The van der Waals surface area contributed by atoms with Crippen LogP contribution >= 0.6 is 0 Å². The standard InChI is InChI=1S/C13H24N2O4.C7H14/c1-6-10(18)14-11(7(2)3)13(19)15-12(8(4)16)9(5)17;1-7-5-3-2-4-6-7/h7-8,11-12,16H,6H2,1-5H3,(H,14,18)(H,15,19);7H,2-6H2,1H3. The molecule has 1 rings (SSSR count). The lowest BCUT2D eigenvalue weighted by atomic mass is 9.91. The number of hydrogen-bond donors (Lipinski definition) is 3. The number of carbonyl (C=O) groups excluding carboxylic acids is 3. The summed E-state index contributed by atoms with van der Waals surface area (Å²) in [6.45, 7) is 10.4. The van der Waals surface area contributed by atoms with E-state index in [-0.39, 0.29) is 24.0 Å². The zero-order valence-electron chi connectivity index (χ0n) is 17.3. The van der Waals surface area contributed by atoms with Crippen LogP contribution in [0.1, 0.15) is 80.1 Å². The van der Waals surface area contributed by atoms with E-state index in [4.69, 9.17) is 0 Å². The summed E-state index contributed by atoms with van der Waals surface area (Å²) >= 11 is 0. The van der Waals surface area contributed by atoms with Gasteiger partial charge in [0.05, 0.1) is 6.10 Å². The molecule has 6 nitrogen and oxygen atoms in total. The highest BCUT2D eigenvalue weighted by Gasteiger charge is 2.29. The fraction of sp³-hybridized carbons (Fsp3) is 0.850. The van der Waals surface area contributed by atoms with Crippen molar-refractivity contribution in [3.63, 3.8) is 0 Å². The van der Waals surface area contributed by atoms with Crippen LogP contribution in [-0.2, 0) is 14.4 Å². The minimum Gasteiger partial charge on any atom is -0.391 e. The molecule has 1 aliphatic carbocycles. The third-order valence-corrected chi connectivity index (χ3v) is 4.70. The van der Waals surface area contributed by atoms with Gasteiger partial charge in [0.15, 0.2) is 5.78 Å². The van der Waals surface area contributed by atoms with Gasteiger partial charge in [-0.05, 0) is 25.7 Å². The minimum absolute atomic E-state index is 0.114. The van der Waals surface area contributed by atoms with E-state index < -0.39 is 24.1 Å². The average molecular weight is 371 g/mol. The molecule has 0 heterocycles. The third-order valence-electron chi connectivity index (χ3n) is 4.70. The molecule has 1 fully saturated rings. The number of rotatable bonds is 7. The monoisotopic (exact) mass is 370 g/mol. The number of hydrogen-bond acceptors (Lipinski definition) is 4. The summed E-state index contributed by atoms with van der Waals surface area (Å²) in [4.78, 5) is 34.8. The Morgan fingerprint density at radius 1 is 1.00 bits per heavy atom. The smallest absolute Gasteiger partial charge is 0.243 e. The van der Waals surface area contributed by atoms with Gasteiger partial charge >= 0.3 is 0 Å². The van der Waals surface area contributed by atoms with Crippen LogP contribution in [-0.4, -0.2) is 40.9 Å². The van der Waals surface area contributed by atoms with E-state index in [0.717, 1.165) is 5.92 Å². The molecule has 0 aromatic carbocycles. The number of aliphatic hydroxyl groups is 1. The SMILES string of the molecule is CC1CCCCC1.CCC(=O)NC(C(=O)NC(C(C)=O)C(C)O)C(C)C. The topological polar surface area (TPSA) is 95.5 Å². The van der Waals surface area contributed by atoms with Gasteiger partial charge in [-0.15, -0.1) is 0 Å². The van der Waals surface area contributed by atoms with Crippen molar-refractivity contribution in [2.75, 3.05) is 0 Å². The molecule has 3 unspecified atom stereocenters. The van der Waals surface area contributed by atoms with Crippen LogP contribution in [0.5, 0.6) is 0 Å². The van der Waals surface area contributed by atoms with E-state index in [1.54, 1.807) is 20.8 Å². The van der Waals surface area contributed by atoms with Crippen LogP contribution in [0.3, 0.4) is 0 Å². The Balaban J connectivity index is 0.000000735. The van der Waals surface area contributed by atoms with Crippen molar-refractivity contribution >= 4 is 17.6 Å². The fourth-order valence-electron chi connectivity index (χ4n) is 2.92. The van der Waals surface area contributed by atoms with Crippen LogP contribution in [0.4, 0.5) is 0 Å². The third kappa shape index (κ3) is 9.90. The molecule has 0 aromatic heterocycles. The summed E-state index contributed by atoms with van der Waals surface area (Å²) in [6, 6.07) is -1.67. The Hall–Kier alpha value is -1.43. The number of ketones is 1. The molecule has 2 amide bonds. The largest absolute Gasteiger partial charge is 0.391 e. The van der Waals surface area contributed by atoms with Crippen molar-refractivity contribution in [3.8, 4) is 0 Å². The molecule has 152 valence electrons. The summed E-state index contributed by atoms with van der Waals surface area (Å²) in [6.07, 6.45) is 6.74. The van der Waals surface area contributed by atoms with Crippen molar-refractivity contribution in [2.24, 2.45) is 11.8 Å². The lowest BCUT2D eigenvalue weighted by Gasteiger charge is -2.25. The Morgan fingerprint density at radius 3 is 1.85 bits per heavy atom. The van der Waals surface area contributed by atoms with Gasteiger partial charge in [0, 0.05) is 6.42 Å². The molecule has 6 heteroatoms. The van der Waals surface area contributed by atoms with Gasteiger partial charge in [0.2, 0.25) is 11.8 Å². The number of nitrogens with one attached hydrogen (secondary N) is 2. The second kappa shape index (κ2) is 12.8. The molecule has 0 aliphatic heterocycles. The first-order valence-electron chi connectivity index (χ1n) is 9.88.